The molecule has 2 heterocycles. The van der Waals surface area contributed by atoms with Gasteiger partial charge in [-0.1, -0.05) is 18.5 Å². The predicted octanol–water partition coefficient (Wildman–Crippen LogP) is 3.77. The highest BCUT2D eigenvalue weighted by Crippen LogP contribution is 2.27. The monoisotopic (exact) mass is 394 g/mol. The van der Waals surface area contributed by atoms with Crippen LogP contribution in [0.1, 0.15) is 11.8 Å². The number of rotatable bonds is 5. The minimum Gasteiger partial charge on any atom is -0.243 e. The third-order valence-electron chi connectivity index (χ3n) is 2.66. The summed E-state index contributed by atoms with van der Waals surface area (Å²) < 4.78 is 27.5. The van der Waals surface area contributed by atoms with Gasteiger partial charge in [0.05, 0.1) is 3.79 Å². The molecule has 0 aliphatic rings. The summed E-state index contributed by atoms with van der Waals surface area (Å²) in [5.41, 5.74) is 0. The van der Waals surface area contributed by atoms with Crippen molar-refractivity contribution in [2.45, 2.75) is 18.4 Å². The Labute approximate surface area is 135 Å². The highest BCUT2D eigenvalue weighted by atomic mass is 79.9. The molecule has 2 aromatic heterocycles. The van der Waals surface area contributed by atoms with Crippen LogP contribution in [-0.4, -0.2) is 24.3 Å². The molecule has 0 radical (unpaired) electrons. The second kappa shape index (κ2) is 6.53. The van der Waals surface area contributed by atoms with Gasteiger partial charge in [-0.2, -0.15) is 4.31 Å². The maximum absolute atomic E-state index is 12.6. The molecule has 0 aromatic carbocycles. The van der Waals surface area contributed by atoms with Gasteiger partial charge >= 0.3 is 0 Å². The lowest BCUT2D eigenvalue weighted by molar-refractivity contribution is 0.426. The quantitative estimate of drug-likeness (QED) is 0.724. The summed E-state index contributed by atoms with van der Waals surface area (Å²) in [5.74, 6) is 0. The lowest BCUT2D eigenvalue weighted by Gasteiger charge is -2.20. The first-order valence-corrected chi connectivity index (χ1v) is 9.22. The Morgan fingerprint density at radius 1 is 1.40 bits per heavy atom. The van der Waals surface area contributed by atoms with Crippen LogP contribution in [0.3, 0.4) is 0 Å². The number of aromatic nitrogens is 1. The summed E-state index contributed by atoms with van der Waals surface area (Å²) in [6.07, 6.45) is 1.47. The van der Waals surface area contributed by atoms with Crippen molar-refractivity contribution in [3.8, 4) is 0 Å². The predicted molar refractivity (Wildman–Crippen MR) is 84.5 cm³/mol. The summed E-state index contributed by atoms with van der Waals surface area (Å²) in [6, 6.07) is 6.83. The lowest BCUT2D eigenvalue weighted by atomic mass is 10.4. The number of hydrogen-bond acceptors (Lipinski definition) is 4. The molecule has 0 atom stereocenters. The average Bonchev–Trinajstić information content (AvgIpc) is 2.81. The van der Waals surface area contributed by atoms with Crippen LogP contribution in [0.4, 0.5) is 0 Å². The van der Waals surface area contributed by atoms with Crippen LogP contribution in [-0.2, 0) is 16.6 Å². The molecular formula is C12H12BrClN2O2S2. The van der Waals surface area contributed by atoms with E-state index in [4.69, 9.17) is 11.6 Å². The molecule has 2 aromatic rings. The van der Waals surface area contributed by atoms with Gasteiger partial charge in [-0.3, -0.25) is 0 Å². The van der Waals surface area contributed by atoms with Gasteiger partial charge in [-0.15, -0.1) is 11.3 Å². The van der Waals surface area contributed by atoms with E-state index in [-0.39, 0.29) is 10.0 Å². The van der Waals surface area contributed by atoms with Gasteiger partial charge in [-0.05, 0) is 40.2 Å². The second-order valence-corrected chi connectivity index (χ2v) is 8.74. The molecule has 0 aliphatic carbocycles. The fourth-order valence-electron chi connectivity index (χ4n) is 1.68. The molecule has 8 heteroatoms. The van der Waals surface area contributed by atoms with E-state index in [1.165, 1.54) is 27.9 Å². The third-order valence-corrected chi connectivity index (χ3v) is 6.63. The molecule has 0 fully saturated rings. The summed E-state index contributed by atoms with van der Waals surface area (Å²) in [7, 11) is -3.64. The number of thiophene rings is 1. The van der Waals surface area contributed by atoms with Crippen molar-refractivity contribution in [2.24, 2.45) is 0 Å². The van der Waals surface area contributed by atoms with Crippen molar-refractivity contribution in [2.75, 3.05) is 6.54 Å². The van der Waals surface area contributed by atoms with E-state index in [1.807, 2.05) is 12.1 Å². The summed E-state index contributed by atoms with van der Waals surface area (Å²) in [6.45, 7) is 2.48. The standard InChI is InChI=1S/C12H12BrClN2O2S2/c1-2-16(8-9-5-6-11(13)19-9)20(17,18)10-4-3-7-15-12(10)14/h3-7H,2,8H2,1H3. The molecule has 0 aliphatic heterocycles. The second-order valence-electron chi connectivity index (χ2n) is 3.93. The first-order valence-electron chi connectivity index (χ1n) is 5.80. The van der Waals surface area contributed by atoms with Crippen LogP contribution >= 0.6 is 38.9 Å². The van der Waals surface area contributed by atoms with E-state index in [2.05, 4.69) is 20.9 Å². The molecule has 0 N–H and O–H groups in total. The number of pyridine rings is 1. The Morgan fingerprint density at radius 3 is 2.70 bits per heavy atom. The van der Waals surface area contributed by atoms with Crippen molar-refractivity contribution in [3.05, 3.63) is 44.3 Å². The Balaban J connectivity index is 2.33. The zero-order valence-corrected chi connectivity index (χ0v) is 14.6. The zero-order chi connectivity index (χ0) is 14.8. The summed E-state index contributed by atoms with van der Waals surface area (Å²) >= 11 is 10.8. The first kappa shape index (κ1) is 15.9. The first-order chi connectivity index (χ1) is 9.45. The maximum atomic E-state index is 12.6. The number of hydrogen-bond donors (Lipinski definition) is 0. The van der Waals surface area contributed by atoms with Crippen LogP contribution in [0.2, 0.25) is 5.15 Å². The van der Waals surface area contributed by atoms with E-state index in [1.54, 1.807) is 13.0 Å². The molecule has 0 amide bonds. The average molecular weight is 396 g/mol. The highest BCUT2D eigenvalue weighted by molar-refractivity contribution is 9.11. The minimum atomic E-state index is -3.64. The van der Waals surface area contributed by atoms with Crippen LogP contribution in [0.5, 0.6) is 0 Å². The van der Waals surface area contributed by atoms with Crippen LogP contribution in [0, 0.1) is 0 Å². The normalized spacial score (nSPS) is 12.0. The molecule has 2 rings (SSSR count). The lowest BCUT2D eigenvalue weighted by Crippen LogP contribution is -2.30. The number of halogens is 2. The van der Waals surface area contributed by atoms with Crippen molar-refractivity contribution in [3.63, 3.8) is 0 Å². The van der Waals surface area contributed by atoms with Crippen molar-refractivity contribution in [1.82, 2.24) is 9.29 Å². The van der Waals surface area contributed by atoms with Crippen molar-refractivity contribution < 1.29 is 8.42 Å². The van der Waals surface area contributed by atoms with Crippen molar-refractivity contribution >= 4 is 48.9 Å². The molecule has 0 bridgehead atoms. The van der Waals surface area contributed by atoms with E-state index < -0.39 is 10.0 Å². The maximum Gasteiger partial charge on any atom is 0.246 e. The largest absolute Gasteiger partial charge is 0.246 e. The number of sulfonamides is 1. The van der Waals surface area contributed by atoms with Gasteiger partial charge in [0.15, 0.2) is 0 Å². The van der Waals surface area contributed by atoms with E-state index >= 15 is 0 Å². The molecule has 108 valence electrons. The molecule has 0 saturated carbocycles. The van der Waals surface area contributed by atoms with Gasteiger partial charge in [-0.25, -0.2) is 13.4 Å². The van der Waals surface area contributed by atoms with Crippen molar-refractivity contribution in [1.29, 1.82) is 0 Å². The zero-order valence-electron chi connectivity index (χ0n) is 10.6. The number of nitrogens with zero attached hydrogens (tertiary/aromatic N) is 2. The SMILES string of the molecule is CCN(Cc1ccc(Br)s1)S(=O)(=O)c1cccnc1Cl. The molecule has 20 heavy (non-hydrogen) atoms. The molecule has 4 nitrogen and oxygen atoms in total. The summed E-state index contributed by atoms with van der Waals surface area (Å²) in [5, 5.41) is -0.00156. The van der Waals surface area contributed by atoms with E-state index in [0.717, 1.165) is 8.66 Å². The van der Waals surface area contributed by atoms with E-state index in [9.17, 15) is 8.42 Å². The van der Waals surface area contributed by atoms with Crippen LogP contribution in [0.15, 0.2) is 39.1 Å². The Bertz CT molecular complexity index is 703. The van der Waals surface area contributed by atoms with Gasteiger partial charge in [0.1, 0.15) is 10.0 Å². The topological polar surface area (TPSA) is 50.3 Å². The van der Waals surface area contributed by atoms with Gasteiger partial charge in [0.2, 0.25) is 10.0 Å². The van der Waals surface area contributed by atoms with Gasteiger partial charge in [0, 0.05) is 24.2 Å². The third kappa shape index (κ3) is 3.40. The molecular weight excluding hydrogens is 384 g/mol. The van der Waals surface area contributed by atoms with Gasteiger partial charge in [0.25, 0.3) is 0 Å². The van der Waals surface area contributed by atoms with E-state index in [0.29, 0.717) is 13.1 Å². The molecule has 0 spiro atoms. The fourth-order valence-corrected chi connectivity index (χ4v) is 5.12. The van der Waals surface area contributed by atoms with Crippen LogP contribution in [0.25, 0.3) is 0 Å². The minimum absolute atomic E-state index is 0.00156. The Morgan fingerprint density at radius 2 is 2.15 bits per heavy atom. The van der Waals surface area contributed by atoms with Gasteiger partial charge < -0.3 is 0 Å². The Hall–Kier alpha value is -0.470. The smallest absolute Gasteiger partial charge is 0.243 e. The molecule has 0 unspecified atom stereocenters. The summed E-state index contributed by atoms with van der Waals surface area (Å²) in [4.78, 5) is 4.83. The van der Waals surface area contributed by atoms with Crippen LogP contribution < -0.4 is 0 Å². The molecule has 0 saturated heterocycles. The Kier molecular flexibility index (Phi) is 5.19. The fraction of sp³-hybridized carbons (Fsp3) is 0.250. The highest BCUT2D eigenvalue weighted by Gasteiger charge is 2.26.